The van der Waals surface area contributed by atoms with Gasteiger partial charge in [-0.2, -0.15) is 13.2 Å². The predicted molar refractivity (Wildman–Crippen MR) is 73.7 cm³/mol. The molecule has 1 aromatic carbocycles. The highest BCUT2D eigenvalue weighted by molar-refractivity contribution is 5.79. The van der Waals surface area contributed by atoms with Crippen molar-refractivity contribution in [1.29, 1.82) is 0 Å². The Morgan fingerprint density at radius 1 is 1.24 bits per heavy atom. The van der Waals surface area contributed by atoms with Crippen LogP contribution in [0.4, 0.5) is 13.2 Å². The van der Waals surface area contributed by atoms with Crippen LogP contribution < -0.4 is 0 Å². The number of hydrogen-bond donors (Lipinski definition) is 1. The van der Waals surface area contributed by atoms with Crippen LogP contribution in [0.1, 0.15) is 31.2 Å². The zero-order valence-corrected chi connectivity index (χ0v) is 11.4. The van der Waals surface area contributed by atoms with Gasteiger partial charge in [0.15, 0.2) is 0 Å². The average Bonchev–Trinajstić information content (AvgIpc) is 2.46. The molecule has 112 valence electrons. The van der Waals surface area contributed by atoms with Crippen molar-refractivity contribution in [1.82, 2.24) is 4.98 Å². The van der Waals surface area contributed by atoms with Gasteiger partial charge in [0.1, 0.15) is 0 Å². The molecular formula is C16H16F3NO. The van der Waals surface area contributed by atoms with E-state index in [1.807, 2.05) is 6.07 Å². The van der Waals surface area contributed by atoms with E-state index in [9.17, 15) is 18.3 Å². The van der Waals surface area contributed by atoms with Gasteiger partial charge in [0.25, 0.3) is 0 Å². The average molecular weight is 295 g/mol. The van der Waals surface area contributed by atoms with Crippen LogP contribution in [0.3, 0.4) is 0 Å². The molecule has 2 atom stereocenters. The number of benzene rings is 1. The molecule has 21 heavy (non-hydrogen) atoms. The monoisotopic (exact) mass is 295 g/mol. The summed E-state index contributed by atoms with van der Waals surface area (Å²) in [6.07, 6.45) is -2.00. The van der Waals surface area contributed by atoms with Gasteiger partial charge in [0, 0.05) is 11.6 Å². The number of nitrogens with zero attached hydrogens (tertiary/aromatic N) is 1. The Kier molecular flexibility index (Phi) is 3.40. The first-order valence-corrected chi connectivity index (χ1v) is 7.03. The van der Waals surface area contributed by atoms with E-state index in [0.717, 1.165) is 10.9 Å². The maximum atomic E-state index is 12.9. The summed E-state index contributed by atoms with van der Waals surface area (Å²) < 4.78 is 38.8. The number of pyridine rings is 1. The van der Waals surface area contributed by atoms with Crippen LogP contribution in [0.5, 0.6) is 0 Å². The molecular weight excluding hydrogens is 279 g/mol. The molecule has 1 aromatic heterocycles. The molecule has 5 heteroatoms. The highest BCUT2D eigenvalue weighted by Gasteiger charge is 2.47. The molecule has 2 aromatic rings. The first-order chi connectivity index (χ1) is 9.88. The molecule has 0 spiro atoms. The third-order valence-corrected chi connectivity index (χ3v) is 4.33. The Bertz CT molecular complexity index is 655. The van der Waals surface area contributed by atoms with Gasteiger partial charge in [-0.05, 0) is 49.4 Å². The van der Waals surface area contributed by atoms with E-state index in [-0.39, 0.29) is 12.8 Å². The van der Waals surface area contributed by atoms with E-state index in [1.165, 1.54) is 0 Å². The molecule has 0 saturated heterocycles. The molecule has 0 aliphatic heterocycles. The van der Waals surface area contributed by atoms with E-state index >= 15 is 0 Å². The second-order valence-corrected chi connectivity index (χ2v) is 5.78. The molecule has 1 N–H and O–H groups in total. The zero-order valence-electron chi connectivity index (χ0n) is 11.4. The number of aromatic nitrogens is 1. The Labute approximate surface area is 120 Å². The molecule has 1 saturated carbocycles. The fourth-order valence-corrected chi connectivity index (χ4v) is 3.16. The van der Waals surface area contributed by atoms with Crippen molar-refractivity contribution in [2.24, 2.45) is 5.92 Å². The van der Waals surface area contributed by atoms with Crippen molar-refractivity contribution in [3.05, 3.63) is 42.1 Å². The summed E-state index contributed by atoms with van der Waals surface area (Å²) in [4.78, 5) is 4.18. The van der Waals surface area contributed by atoms with E-state index in [0.29, 0.717) is 18.4 Å². The van der Waals surface area contributed by atoms with Crippen LogP contribution in [0, 0.1) is 5.92 Å². The van der Waals surface area contributed by atoms with Gasteiger partial charge in [0.05, 0.1) is 17.0 Å². The summed E-state index contributed by atoms with van der Waals surface area (Å²) >= 11 is 0. The van der Waals surface area contributed by atoms with Gasteiger partial charge in [-0.3, -0.25) is 4.98 Å². The maximum absolute atomic E-state index is 12.9. The van der Waals surface area contributed by atoms with Crippen LogP contribution in [0.15, 0.2) is 36.5 Å². The molecule has 2 nitrogen and oxygen atoms in total. The lowest BCUT2D eigenvalue weighted by Gasteiger charge is -2.38. The molecule has 0 radical (unpaired) electrons. The third-order valence-electron chi connectivity index (χ3n) is 4.33. The van der Waals surface area contributed by atoms with Crippen LogP contribution in [0.2, 0.25) is 0 Å². The molecule has 2 unspecified atom stereocenters. The van der Waals surface area contributed by atoms with E-state index in [4.69, 9.17) is 0 Å². The van der Waals surface area contributed by atoms with Crippen LogP contribution in [-0.4, -0.2) is 16.3 Å². The number of fused-ring (bicyclic) bond motifs is 1. The van der Waals surface area contributed by atoms with Gasteiger partial charge < -0.3 is 5.11 Å². The molecule has 1 aliphatic carbocycles. The standard InChI is InChI=1S/C16H16F3NO/c17-16(18,19)13-4-1-7-15(21,10-13)12-5-6-14-11(9-12)3-2-8-20-14/h2-3,5-6,8-9,13,21H,1,4,7,10H2. The summed E-state index contributed by atoms with van der Waals surface area (Å²) in [6.45, 7) is 0. The van der Waals surface area contributed by atoms with Crippen LogP contribution in [0.25, 0.3) is 10.9 Å². The first kappa shape index (κ1) is 14.3. The van der Waals surface area contributed by atoms with Crippen LogP contribution in [-0.2, 0) is 5.60 Å². The van der Waals surface area contributed by atoms with Crippen molar-refractivity contribution in [2.45, 2.75) is 37.5 Å². The van der Waals surface area contributed by atoms with Gasteiger partial charge in [-0.25, -0.2) is 0 Å². The smallest absolute Gasteiger partial charge is 0.385 e. The molecule has 0 amide bonds. The van der Waals surface area contributed by atoms with E-state index in [1.54, 1.807) is 30.5 Å². The topological polar surface area (TPSA) is 33.1 Å². The number of alkyl halides is 3. The normalized spacial score (nSPS) is 27.0. The number of hydrogen-bond acceptors (Lipinski definition) is 2. The van der Waals surface area contributed by atoms with Crippen molar-refractivity contribution in [3.63, 3.8) is 0 Å². The SMILES string of the molecule is OC1(c2ccc3ncccc3c2)CCCC(C(F)(F)F)C1. The summed E-state index contributed by atoms with van der Waals surface area (Å²) in [6, 6.07) is 8.81. The predicted octanol–water partition coefficient (Wildman–Crippen LogP) is 4.17. The second-order valence-electron chi connectivity index (χ2n) is 5.78. The lowest BCUT2D eigenvalue weighted by Crippen LogP contribution is -2.38. The molecule has 1 heterocycles. The largest absolute Gasteiger partial charge is 0.391 e. The number of rotatable bonds is 1. The highest BCUT2D eigenvalue weighted by atomic mass is 19.4. The minimum atomic E-state index is -4.24. The second kappa shape index (κ2) is 4.98. The minimum absolute atomic E-state index is 0.0982. The van der Waals surface area contributed by atoms with Gasteiger partial charge in [-0.1, -0.05) is 12.1 Å². The van der Waals surface area contributed by atoms with Crippen molar-refractivity contribution in [2.75, 3.05) is 0 Å². The molecule has 0 bridgehead atoms. The fraction of sp³-hybridized carbons (Fsp3) is 0.438. The minimum Gasteiger partial charge on any atom is -0.385 e. The lowest BCUT2D eigenvalue weighted by atomic mass is 9.74. The lowest BCUT2D eigenvalue weighted by molar-refractivity contribution is -0.201. The molecule has 1 fully saturated rings. The summed E-state index contributed by atoms with van der Waals surface area (Å²) in [5, 5.41) is 11.5. The highest BCUT2D eigenvalue weighted by Crippen LogP contribution is 2.46. The van der Waals surface area contributed by atoms with Crippen molar-refractivity contribution >= 4 is 10.9 Å². The Morgan fingerprint density at radius 3 is 2.81 bits per heavy atom. The Hall–Kier alpha value is -1.62. The maximum Gasteiger partial charge on any atom is 0.391 e. The molecule has 3 rings (SSSR count). The van der Waals surface area contributed by atoms with Gasteiger partial charge in [0.2, 0.25) is 0 Å². The summed E-state index contributed by atoms with van der Waals surface area (Å²) in [7, 11) is 0. The van der Waals surface area contributed by atoms with Crippen molar-refractivity contribution < 1.29 is 18.3 Å². The van der Waals surface area contributed by atoms with E-state index < -0.39 is 17.7 Å². The molecule has 1 aliphatic rings. The zero-order chi connectivity index (χ0) is 15.1. The van der Waals surface area contributed by atoms with E-state index in [2.05, 4.69) is 4.98 Å². The summed E-state index contributed by atoms with van der Waals surface area (Å²) in [5.74, 6) is -1.43. The van der Waals surface area contributed by atoms with Crippen LogP contribution >= 0.6 is 0 Å². The quantitative estimate of drug-likeness (QED) is 0.856. The number of aliphatic hydroxyl groups is 1. The van der Waals surface area contributed by atoms with Gasteiger partial charge >= 0.3 is 6.18 Å². The third kappa shape index (κ3) is 2.75. The van der Waals surface area contributed by atoms with Gasteiger partial charge in [-0.15, -0.1) is 0 Å². The van der Waals surface area contributed by atoms with Crippen molar-refractivity contribution in [3.8, 4) is 0 Å². The Morgan fingerprint density at radius 2 is 2.05 bits per heavy atom. The first-order valence-electron chi connectivity index (χ1n) is 7.03. The number of halogens is 3. The Balaban J connectivity index is 1.96. The summed E-state index contributed by atoms with van der Waals surface area (Å²) in [5.41, 5.74) is -0.0763. The fourth-order valence-electron chi connectivity index (χ4n) is 3.16.